The lowest BCUT2D eigenvalue weighted by Crippen LogP contribution is -2.39. The molecule has 1 aromatic rings. The van der Waals surface area contributed by atoms with Gasteiger partial charge in [-0.3, -0.25) is 0 Å². The summed E-state index contributed by atoms with van der Waals surface area (Å²) in [5.41, 5.74) is 1.45. The van der Waals surface area contributed by atoms with E-state index < -0.39 is 5.60 Å². The third kappa shape index (κ3) is 4.38. The molecule has 0 aromatic carbocycles. The second kappa shape index (κ2) is 7.70. The number of hydrogen-bond acceptors (Lipinski definition) is 5. The third-order valence-corrected chi connectivity index (χ3v) is 4.53. The summed E-state index contributed by atoms with van der Waals surface area (Å²) in [6.45, 7) is 7.52. The van der Waals surface area contributed by atoms with Crippen LogP contribution < -0.4 is 4.74 Å². The molecule has 0 bridgehead atoms. The summed E-state index contributed by atoms with van der Waals surface area (Å²) >= 11 is 0. The first-order valence-electron chi connectivity index (χ1n) is 9.29. The highest BCUT2D eigenvalue weighted by molar-refractivity contribution is 5.73. The number of carbonyl (C=O) groups excluding carboxylic acids is 1. The number of nitrogens with zero attached hydrogens (tertiary/aromatic N) is 3. The summed E-state index contributed by atoms with van der Waals surface area (Å²) in [6, 6.07) is 0. The van der Waals surface area contributed by atoms with Gasteiger partial charge in [-0.05, 0) is 52.0 Å². The smallest absolute Gasteiger partial charge is 0.410 e. The monoisotopic (exact) mass is 363 g/mol. The van der Waals surface area contributed by atoms with Gasteiger partial charge in [-0.1, -0.05) is 6.08 Å². The van der Waals surface area contributed by atoms with Crippen molar-refractivity contribution in [3.63, 3.8) is 0 Å². The quantitative estimate of drug-likeness (QED) is 0.821. The number of methoxy groups -OCH3 is 1. The van der Waals surface area contributed by atoms with Gasteiger partial charge in [-0.2, -0.15) is 5.10 Å². The van der Waals surface area contributed by atoms with Gasteiger partial charge in [0.25, 0.3) is 0 Å². The van der Waals surface area contributed by atoms with E-state index in [-0.39, 0.29) is 12.3 Å². The molecule has 0 radical (unpaired) electrons. The number of amides is 1. The Balaban J connectivity index is 1.71. The van der Waals surface area contributed by atoms with Crippen LogP contribution in [0, 0.1) is 0 Å². The van der Waals surface area contributed by atoms with Gasteiger partial charge in [-0.15, -0.1) is 0 Å². The van der Waals surface area contributed by atoms with E-state index in [1.54, 1.807) is 12.0 Å². The number of aromatic nitrogens is 2. The molecule has 1 aromatic heterocycles. The topological polar surface area (TPSA) is 65.8 Å². The van der Waals surface area contributed by atoms with Gasteiger partial charge in [0.05, 0.1) is 13.3 Å². The molecule has 0 aliphatic carbocycles. The van der Waals surface area contributed by atoms with Crippen molar-refractivity contribution in [3.8, 4) is 5.75 Å². The van der Waals surface area contributed by atoms with E-state index in [9.17, 15) is 4.79 Å². The van der Waals surface area contributed by atoms with Gasteiger partial charge in [0.2, 0.25) is 0 Å². The molecule has 144 valence electrons. The van der Waals surface area contributed by atoms with Crippen LogP contribution in [0.1, 0.15) is 58.4 Å². The normalized spacial score (nSPS) is 21.3. The van der Waals surface area contributed by atoms with Crippen LogP contribution in [0.4, 0.5) is 4.79 Å². The van der Waals surface area contributed by atoms with Crippen LogP contribution in [0.5, 0.6) is 5.75 Å². The molecule has 1 unspecified atom stereocenters. The molecular weight excluding hydrogens is 334 g/mol. The highest BCUT2D eigenvalue weighted by Gasteiger charge is 2.26. The zero-order valence-corrected chi connectivity index (χ0v) is 16.2. The van der Waals surface area contributed by atoms with Gasteiger partial charge < -0.3 is 19.1 Å². The van der Waals surface area contributed by atoms with Crippen molar-refractivity contribution in [3.05, 3.63) is 18.0 Å². The van der Waals surface area contributed by atoms with Crippen LogP contribution in [-0.4, -0.2) is 53.2 Å². The van der Waals surface area contributed by atoms with Crippen LogP contribution >= 0.6 is 0 Å². The van der Waals surface area contributed by atoms with Crippen LogP contribution in [-0.2, 0) is 9.47 Å². The number of carbonyl (C=O) groups is 1. The molecular formula is C19H29N3O4. The van der Waals surface area contributed by atoms with Crippen LogP contribution in [0.25, 0.3) is 5.57 Å². The molecule has 0 N–H and O–H groups in total. The molecule has 26 heavy (non-hydrogen) atoms. The molecule has 0 spiro atoms. The summed E-state index contributed by atoms with van der Waals surface area (Å²) in [5, 5.41) is 4.72. The minimum Gasteiger partial charge on any atom is -0.493 e. The van der Waals surface area contributed by atoms with Gasteiger partial charge in [0.1, 0.15) is 17.5 Å². The summed E-state index contributed by atoms with van der Waals surface area (Å²) in [5.74, 6) is 0.746. The largest absolute Gasteiger partial charge is 0.493 e. The van der Waals surface area contributed by atoms with Crippen molar-refractivity contribution in [1.29, 1.82) is 0 Å². The van der Waals surface area contributed by atoms with Gasteiger partial charge in [0, 0.05) is 19.7 Å². The molecule has 7 nitrogen and oxygen atoms in total. The van der Waals surface area contributed by atoms with E-state index in [2.05, 4.69) is 0 Å². The lowest BCUT2D eigenvalue weighted by atomic mass is 10.0. The molecule has 0 saturated carbocycles. The van der Waals surface area contributed by atoms with Crippen molar-refractivity contribution in [2.75, 3.05) is 26.8 Å². The van der Waals surface area contributed by atoms with Gasteiger partial charge in [0.15, 0.2) is 5.75 Å². The molecule has 1 fully saturated rings. The van der Waals surface area contributed by atoms with Crippen molar-refractivity contribution >= 4 is 11.7 Å². The number of ether oxygens (including phenoxy) is 3. The zero-order valence-electron chi connectivity index (χ0n) is 16.2. The first kappa shape index (κ1) is 18.8. The lowest BCUT2D eigenvalue weighted by Gasteiger charge is -2.29. The van der Waals surface area contributed by atoms with E-state index in [1.807, 2.05) is 37.7 Å². The Morgan fingerprint density at radius 1 is 1.35 bits per heavy atom. The standard InChI is InChI=1S/C19H29N3O4/c1-19(2,3)26-18(23)21-10-8-14(9-11-21)17-15(24-4)13-22(20-17)16-7-5-6-12-25-16/h8,13,16H,5-7,9-12H2,1-4H3. The zero-order chi connectivity index (χ0) is 18.7. The van der Waals surface area contributed by atoms with Crippen molar-refractivity contribution < 1.29 is 19.0 Å². The molecule has 3 heterocycles. The van der Waals surface area contributed by atoms with Gasteiger partial charge in [-0.25, -0.2) is 9.48 Å². The Morgan fingerprint density at radius 2 is 2.15 bits per heavy atom. The highest BCUT2D eigenvalue weighted by Crippen LogP contribution is 2.32. The minimum atomic E-state index is -0.483. The van der Waals surface area contributed by atoms with E-state index in [1.165, 1.54) is 0 Å². The summed E-state index contributed by atoms with van der Waals surface area (Å²) < 4.78 is 18.7. The lowest BCUT2D eigenvalue weighted by molar-refractivity contribution is -0.0396. The SMILES string of the molecule is COc1cn(C2CCCCO2)nc1C1=CCN(C(=O)OC(C)(C)C)CC1. The second-order valence-corrected chi connectivity index (χ2v) is 7.75. The van der Waals surface area contributed by atoms with Crippen LogP contribution in [0.15, 0.2) is 12.3 Å². The Labute approximate surface area is 154 Å². The van der Waals surface area contributed by atoms with E-state index in [4.69, 9.17) is 19.3 Å². The molecule has 2 aliphatic rings. The molecule has 7 heteroatoms. The maximum absolute atomic E-state index is 12.2. The predicted octanol–water partition coefficient (Wildman–Crippen LogP) is 3.62. The Kier molecular flexibility index (Phi) is 5.55. The Morgan fingerprint density at radius 3 is 2.73 bits per heavy atom. The maximum atomic E-state index is 12.2. The average molecular weight is 363 g/mol. The molecule has 1 saturated heterocycles. The third-order valence-electron chi connectivity index (χ3n) is 4.53. The van der Waals surface area contributed by atoms with Crippen molar-refractivity contribution in [2.24, 2.45) is 0 Å². The van der Waals surface area contributed by atoms with E-state index in [0.717, 1.165) is 49.3 Å². The summed E-state index contributed by atoms with van der Waals surface area (Å²) in [4.78, 5) is 13.9. The fourth-order valence-corrected chi connectivity index (χ4v) is 3.20. The van der Waals surface area contributed by atoms with Crippen LogP contribution in [0.2, 0.25) is 0 Å². The first-order chi connectivity index (χ1) is 12.4. The van der Waals surface area contributed by atoms with E-state index >= 15 is 0 Å². The molecule has 1 atom stereocenters. The van der Waals surface area contributed by atoms with E-state index in [0.29, 0.717) is 13.1 Å². The van der Waals surface area contributed by atoms with Gasteiger partial charge >= 0.3 is 6.09 Å². The fraction of sp³-hybridized carbons (Fsp3) is 0.684. The second-order valence-electron chi connectivity index (χ2n) is 7.75. The minimum absolute atomic E-state index is 0.0196. The Hall–Kier alpha value is -2.02. The predicted molar refractivity (Wildman–Crippen MR) is 98.0 cm³/mol. The molecule has 1 amide bonds. The Bertz CT molecular complexity index is 669. The van der Waals surface area contributed by atoms with Crippen molar-refractivity contribution in [2.45, 2.75) is 58.3 Å². The highest BCUT2D eigenvalue weighted by atomic mass is 16.6. The van der Waals surface area contributed by atoms with Crippen molar-refractivity contribution in [1.82, 2.24) is 14.7 Å². The average Bonchev–Trinajstić information content (AvgIpc) is 3.05. The fourth-order valence-electron chi connectivity index (χ4n) is 3.20. The van der Waals surface area contributed by atoms with Crippen LogP contribution in [0.3, 0.4) is 0 Å². The summed E-state index contributed by atoms with van der Waals surface area (Å²) in [6.07, 6.45) is 7.59. The number of hydrogen-bond donors (Lipinski definition) is 0. The summed E-state index contributed by atoms with van der Waals surface area (Å²) in [7, 11) is 1.66. The first-order valence-corrected chi connectivity index (χ1v) is 9.29. The molecule has 3 rings (SSSR count). The maximum Gasteiger partial charge on any atom is 0.410 e. The molecule has 2 aliphatic heterocycles. The number of rotatable bonds is 3.